The molecular formula is C35H21FN4O2. The van der Waals surface area contributed by atoms with Crippen LogP contribution in [0, 0.1) is 35.4 Å². The third-order valence-electron chi connectivity index (χ3n) is 8.56. The Balaban J connectivity index is 1.83. The van der Waals surface area contributed by atoms with Gasteiger partial charge in [0, 0.05) is 74.0 Å². The molecule has 5 aromatic carbocycles. The van der Waals surface area contributed by atoms with Crippen molar-refractivity contribution in [3.8, 4) is 12.1 Å². The smallest absolute Gasteiger partial charge is 0.192 e. The lowest BCUT2D eigenvalue weighted by molar-refractivity contribution is 0.587. The summed E-state index contributed by atoms with van der Waals surface area (Å²) in [6.07, 6.45) is 0. The van der Waals surface area contributed by atoms with Crippen LogP contribution < -0.4 is 0 Å². The topological polar surface area (TPSA) is 83.7 Å². The summed E-state index contributed by atoms with van der Waals surface area (Å²) in [5.74, 6) is -0.797. The minimum atomic E-state index is -0.797. The van der Waals surface area contributed by atoms with Crippen molar-refractivity contribution >= 4 is 76.7 Å². The maximum Gasteiger partial charge on any atom is 0.192 e. The van der Waals surface area contributed by atoms with Gasteiger partial charge in [-0.3, -0.25) is 0 Å². The Bertz CT molecular complexity index is 2470. The highest BCUT2D eigenvalue weighted by atomic mass is 19.1. The van der Waals surface area contributed by atoms with Gasteiger partial charge < -0.3 is 18.0 Å². The number of aromatic nitrogens is 2. The minimum absolute atomic E-state index is 0.0137. The highest BCUT2D eigenvalue weighted by Crippen LogP contribution is 2.43. The molecule has 0 spiro atoms. The first kappa shape index (κ1) is 24.0. The van der Waals surface area contributed by atoms with Gasteiger partial charge in [-0.1, -0.05) is 36.4 Å². The van der Waals surface area contributed by atoms with E-state index in [1.54, 1.807) is 0 Å². The molecule has 0 aliphatic heterocycles. The van der Waals surface area contributed by atoms with E-state index >= 15 is 4.39 Å². The Morgan fingerprint density at radius 1 is 0.595 bits per heavy atom. The van der Waals surface area contributed by atoms with Crippen molar-refractivity contribution in [2.75, 3.05) is 0 Å². The van der Waals surface area contributed by atoms with Crippen LogP contribution in [-0.4, -0.2) is 9.13 Å². The standard InChI is InChI=1S/C35H21FN4O2/c1-18-21(16-37)34-35(22(17-38)33(18)36)42-28-15-13-26-30(20-9-5-7-11-24(20)40(26)3)32(28)31-27(41-34)14-12-25-29(31)19-8-4-6-10-23(19)39(25)2/h4-15H,1-3H3. The SMILES string of the molecule is Cc1c(F)c(C#N)c2oc3ccc4c(c5ccccc5n4C)c3c3c(ccc4c3c3ccccc3n4C)oc2c1C#N. The van der Waals surface area contributed by atoms with E-state index in [-0.39, 0.29) is 27.9 Å². The van der Waals surface area contributed by atoms with Crippen molar-refractivity contribution in [1.29, 1.82) is 10.5 Å². The van der Waals surface area contributed by atoms with Gasteiger partial charge in [0.1, 0.15) is 40.2 Å². The number of hydrogen-bond donors (Lipinski definition) is 0. The second kappa shape index (κ2) is 8.36. The predicted molar refractivity (Wildman–Crippen MR) is 163 cm³/mol. The van der Waals surface area contributed by atoms with Crippen LogP contribution in [0.1, 0.15) is 16.7 Å². The van der Waals surface area contributed by atoms with Crippen molar-refractivity contribution in [1.82, 2.24) is 9.13 Å². The second-order valence-electron chi connectivity index (χ2n) is 10.6. The van der Waals surface area contributed by atoms with Gasteiger partial charge >= 0.3 is 0 Å². The monoisotopic (exact) mass is 548 g/mol. The molecule has 0 saturated heterocycles. The van der Waals surface area contributed by atoms with Gasteiger partial charge in [0.25, 0.3) is 0 Å². The van der Waals surface area contributed by atoms with Crippen molar-refractivity contribution in [2.24, 2.45) is 14.1 Å². The molecule has 0 radical (unpaired) electrons. The quantitative estimate of drug-likeness (QED) is 0.189. The number of nitrogens with zero attached hydrogens (tertiary/aromatic N) is 4. The lowest BCUT2D eigenvalue weighted by atomic mass is 9.99. The van der Waals surface area contributed by atoms with E-state index in [0.29, 0.717) is 11.2 Å². The zero-order valence-corrected chi connectivity index (χ0v) is 22.9. The molecule has 0 fully saturated rings. The number of fused-ring (bicyclic) bond motifs is 12. The van der Waals surface area contributed by atoms with E-state index in [2.05, 4.69) is 39.5 Å². The molecule has 8 rings (SSSR count). The third kappa shape index (κ3) is 2.89. The number of benzene rings is 5. The third-order valence-corrected chi connectivity index (χ3v) is 8.56. The van der Waals surface area contributed by atoms with Gasteiger partial charge in [0.2, 0.25) is 0 Å². The van der Waals surface area contributed by atoms with Crippen molar-refractivity contribution in [2.45, 2.75) is 6.92 Å². The molecule has 6 nitrogen and oxygen atoms in total. The summed E-state index contributed by atoms with van der Waals surface area (Å²) in [6.45, 7) is 1.47. The molecular weight excluding hydrogens is 527 g/mol. The fourth-order valence-corrected chi connectivity index (χ4v) is 6.57. The number of rotatable bonds is 0. The first-order valence-electron chi connectivity index (χ1n) is 13.5. The van der Waals surface area contributed by atoms with E-state index in [0.717, 1.165) is 54.4 Å². The Morgan fingerprint density at radius 3 is 1.52 bits per heavy atom. The van der Waals surface area contributed by atoms with Gasteiger partial charge in [-0.05, 0) is 43.3 Å². The Morgan fingerprint density at radius 2 is 1.05 bits per heavy atom. The highest BCUT2D eigenvalue weighted by Gasteiger charge is 2.24. The van der Waals surface area contributed by atoms with Gasteiger partial charge in [-0.25, -0.2) is 4.39 Å². The van der Waals surface area contributed by atoms with E-state index in [1.165, 1.54) is 6.92 Å². The average Bonchev–Trinajstić information content (AvgIpc) is 3.46. The highest BCUT2D eigenvalue weighted by molar-refractivity contribution is 6.33. The molecule has 0 amide bonds. The molecule has 3 heterocycles. The summed E-state index contributed by atoms with van der Waals surface area (Å²) in [6, 6.07) is 28.1. The molecule has 42 heavy (non-hydrogen) atoms. The molecule has 0 saturated carbocycles. The van der Waals surface area contributed by atoms with Crippen LogP contribution in [0.3, 0.4) is 0 Å². The zero-order chi connectivity index (χ0) is 28.9. The van der Waals surface area contributed by atoms with Crippen LogP contribution in [0.15, 0.2) is 81.6 Å². The minimum Gasteiger partial charge on any atom is -0.451 e. The number of para-hydroxylation sites is 2. The molecule has 3 aromatic heterocycles. The van der Waals surface area contributed by atoms with Gasteiger partial charge in [0.05, 0.1) is 0 Å². The largest absolute Gasteiger partial charge is 0.451 e. The van der Waals surface area contributed by atoms with Gasteiger partial charge in [-0.2, -0.15) is 10.5 Å². The number of halogens is 1. The first-order valence-corrected chi connectivity index (χ1v) is 13.5. The zero-order valence-electron chi connectivity index (χ0n) is 22.9. The van der Waals surface area contributed by atoms with Crippen LogP contribution in [0.2, 0.25) is 0 Å². The molecule has 200 valence electrons. The fourth-order valence-electron chi connectivity index (χ4n) is 6.57. The molecule has 7 heteroatoms. The second-order valence-corrected chi connectivity index (χ2v) is 10.6. The fraction of sp³-hybridized carbons (Fsp3) is 0.0857. The lowest BCUT2D eigenvalue weighted by Crippen LogP contribution is -1.96. The summed E-state index contributed by atoms with van der Waals surface area (Å²) < 4.78 is 32.9. The summed E-state index contributed by atoms with van der Waals surface area (Å²) in [5, 5.41) is 25.7. The molecule has 0 unspecified atom stereocenters. The normalized spacial score (nSPS) is 11.8. The predicted octanol–water partition coefficient (Wildman–Crippen LogP) is 8.94. The van der Waals surface area contributed by atoms with Gasteiger partial charge in [-0.15, -0.1) is 0 Å². The number of nitriles is 2. The van der Waals surface area contributed by atoms with Crippen LogP contribution in [0.4, 0.5) is 4.39 Å². The summed E-state index contributed by atoms with van der Waals surface area (Å²) >= 11 is 0. The number of aryl methyl sites for hydroxylation is 2. The van der Waals surface area contributed by atoms with E-state index in [1.807, 2.05) is 68.7 Å². The molecule has 0 bridgehead atoms. The van der Waals surface area contributed by atoms with Crippen LogP contribution in [-0.2, 0) is 14.1 Å². The van der Waals surface area contributed by atoms with Crippen LogP contribution in [0.25, 0.3) is 76.7 Å². The van der Waals surface area contributed by atoms with Crippen LogP contribution in [0.5, 0.6) is 0 Å². The van der Waals surface area contributed by atoms with Crippen molar-refractivity contribution in [3.63, 3.8) is 0 Å². The maximum absolute atomic E-state index is 15.5. The summed E-state index contributed by atoms with van der Waals surface area (Å²) in [4.78, 5) is 0. The van der Waals surface area contributed by atoms with Crippen LogP contribution >= 0.6 is 0 Å². The summed E-state index contributed by atoms with van der Waals surface area (Å²) in [5.41, 5.74) is 4.63. The molecule has 0 aliphatic rings. The number of hydrogen-bond acceptors (Lipinski definition) is 4. The Labute approximate surface area is 237 Å². The Hall–Kier alpha value is -5.79. The molecule has 0 N–H and O–H groups in total. The van der Waals surface area contributed by atoms with Crippen molar-refractivity contribution < 1.29 is 13.2 Å². The van der Waals surface area contributed by atoms with E-state index in [9.17, 15) is 10.5 Å². The summed E-state index contributed by atoms with van der Waals surface area (Å²) in [7, 11) is 4.06. The first-order chi connectivity index (χ1) is 20.4. The molecule has 8 aromatic rings. The maximum atomic E-state index is 15.5. The molecule has 0 aliphatic carbocycles. The van der Waals surface area contributed by atoms with E-state index < -0.39 is 5.82 Å². The van der Waals surface area contributed by atoms with E-state index in [4.69, 9.17) is 8.83 Å². The average molecular weight is 549 g/mol. The lowest BCUT2D eigenvalue weighted by Gasteiger charge is -2.10. The van der Waals surface area contributed by atoms with Crippen molar-refractivity contribution in [3.05, 3.63) is 95.3 Å². The Kier molecular flexibility index (Phi) is 4.79. The molecule has 0 atom stereocenters. The van der Waals surface area contributed by atoms with Gasteiger partial charge in [0.15, 0.2) is 11.2 Å².